The lowest BCUT2D eigenvalue weighted by atomic mass is 10.0. The Morgan fingerprint density at radius 2 is 1.82 bits per heavy atom. The Balaban J connectivity index is 1.62. The number of carbonyl (C=O) groups excluding carboxylic acids is 2. The number of anilines is 1. The van der Waals surface area contributed by atoms with Crippen LogP contribution >= 0.6 is 0 Å². The lowest BCUT2D eigenvalue weighted by Gasteiger charge is -2.35. The van der Waals surface area contributed by atoms with Crippen LogP contribution in [0.3, 0.4) is 0 Å². The fraction of sp³-hybridized carbons (Fsp3) is 0.280. The number of aryl methyl sites for hydroxylation is 1. The number of fused-ring (bicyclic) bond motifs is 1. The van der Waals surface area contributed by atoms with Gasteiger partial charge in [-0.1, -0.05) is 42.5 Å². The Morgan fingerprint density at radius 1 is 1.12 bits per heavy atom. The van der Waals surface area contributed by atoms with Gasteiger partial charge in [0.2, 0.25) is 5.91 Å². The molecule has 0 saturated heterocycles. The molecule has 0 bridgehead atoms. The van der Waals surface area contributed by atoms with Gasteiger partial charge in [-0.2, -0.15) is 0 Å². The van der Waals surface area contributed by atoms with Gasteiger partial charge in [0.1, 0.15) is 12.1 Å². The van der Waals surface area contributed by atoms with Crippen molar-refractivity contribution in [3.05, 3.63) is 83.4 Å². The van der Waals surface area contributed by atoms with E-state index in [1.165, 1.54) is 11.8 Å². The monoisotopic (exact) mass is 461 g/mol. The quantitative estimate of drug-likeness (QED) is 0.522. The Kier molecular flexibility index (Phi) is 6.62. The van der Waals surface area contributed by atoms with Gasteiger partial charge in [-0.3, -0.25) is 9.59 Å². The molecule has 1 aliphatic heterocycles. The number of urea groups is 1. The van der Waals surface area contributed by atoms with Gasteiger partial charge in [0.15, 0.2) is 0 Å². The topological polar surface area (TPSA) is 117 Å². The number of amides is 3. The van der Waals surface area contributed by atoms with Crippen LogP contribution in [0.4, 0.5) is 10.5 Å². The van der Waals surface area contributed by atoms with Crippen molar-refractivity contribution in [3.8, 4) is 0 Å². The van der Waals surface area contributed by atoms with Crippen molar-refractivity contribution in [2.45, 2.75) is 45.4 Å². The highest BCUT2D eigenvalue weighted by molar-refractivity contribution is 5.95. The molecule has 2 heterocycles. The van der Waals surface area contributed by atoms with Gasteiger partial charge in [-0.15, -0.1) is 0 Å². The van der Waals surface area contributed by atoms with Crippen molar-refractivity contribution in [3.63, 3.8) is 0 Å². The average Bonchev–Trinajstić information content (AvgIpc) is 3.22. The lowest BCUT2D eigenvalue weighted by molar-refractivity contribution is -0.142. The van der Waals surface area contributed by atoms with Crippen LogP contribution in [0.5, 0.6) is 0 Å². The van der Waals surface area contributed by atoms with Crippen LogP contribution in [0.15, 0.2) is 60.9 Å². The normalized spacial score (nSPS) is 15.8. The maximum Gasteiger partial charge on any atom is 0.325 e. The Labute approximate surface area is 197 Å². The highest BCUT2D eigenvalue weighted by Gasteiger charge is 2.38. The summed E-state index contributed by atoms with van der Waals surface area (Å²) in [5.74, 6) is -1.68. The summed E-state index contributed by atoms with van der Waals surface area (Å²) >= 11 is 0. The van der Waals surface area contributed by atoms with Gasteiger partial charge in [-0.05, 0) is 37.1 Å². The number of nitrogens with zero attached hydrogens (tertiary/aromatic N) is 3. The van der Waals surface area contributed by atoms with Crippen LogP contribution in [0.25, 0.3) is 0 Å². The molecule has 0 aliphatic carbocycles. The molecule has 2 aromatic carbocycles. The van der Waals surface area contributed by atoms with E-state index in [4.69, 9.17) is 0 Å². The number of aromatic nitrogens is 2. The van der Waals surface area contributed by atoms with Crippen molar-refractivity contribution in [2.24, 2.45) is 0 Å². The van der Waals surface area contributed by atoms with Gasteiger partial charge in [0.05, 0.1) is 24.3 Å². The number of hydrogen-bond acceptors (Lipinski definition) is 4. The summed E-state index contributed by atoms with van der Waals surface area (Å²) in [6, 6.07) is 14.6. The maximum atomic E-state index is 13.2. The molecule has 1 aliphatic rings. The molecule has 0 radical (unpaired) electrons. The first-order valence-corrected chi connectivity index (χ1v) is 11.1. The third kappa shape index (κ3) is 4.93. The smallest absolute Gasteiger partial charge is 0.325 e. The molecular weight excluding hydrogens is 434 g/mol. The van der Waals surface area contributed by atoms with E-state index in [1.54, 1.807) is 30.6 Å². The standard InChI is InChI=1S/C25H27N5O4/c1-16-8-6-7-9-18(16)13-29-15-26-20-12-21(23(31)27-17(2)24(32)33)30(14-22(20)29)25(34)28-19-10-4-3-5-11-19/h3-11,15,17,21H,12-14H2,1-2H3,(H,27,31)(H,28,34)(H,32,33). The van der Waals surface area contributed by atoms with E-state index < -0.39 is 30.0 Å². The largest absolute Gasteiger partial charge is 0.480 e. The zero-order valence-corrected chi connectivity index (χ0v) is 19.1. The molecule has 9 nitrogen and oxygen atoms in total. The van der Waals surface area contributed by atoms with E-state index in [2.05, 4.69) is 15.6 Å². The van der Waals surface area contributed by atoms with Crippen LogP contribution in [-0.4, -0.2) is 49.5 Å². The second kappa shape index (κ2) is 9.78. The van der Waals surface area contributed by atoms with E-state index in [1.807, 2.05) is 41.8 Å². The summed E-state index contributed by atoms with van der Waals surface area (Å²) in [7, 11) is 0. The van der Waals surface area contributed by atoms with Crippen molar-refractivity contribution >= 4 is 23.6 Å². The molecule has 3 amide bonds. The predicted octanol–water partition coefficient (Wildman–Crippen LogP) is 2.79. The number of benzene rings is 2. The van der Waals surface area contributed by atoms with Gasteiger partial charge < -0.3 is 25.2 Å². The first-order valence-electron chi connectivity index (χ1n) is 11.1. The van der Waals surface area contributed by atoms with Crippen LogP contribution in [0.1, 0.15) is 29.4 Å². The number of nitrogens with one attached hydrogen (secondary N) is 2. The van der Waals surface area contributed by atoms with Crippen LogP contribution in [-0.2, 0) is 29.1 Å². The zero-order chi connectivity index (χ0) is 24.2. The highest BCUT2D eigenvalue weighted by Crippen LogP contribution is 2.25. The van der Waals surface area contributed by atoms with E-state index in [0.29, 0.717) is 12.2 Å². The van der Waals surface area contributed by atoms with Crippen molar-refractivity contribution in [2.75, 3.05) is 5.32 Å². The van der Waals surface area contributed by atoms with Gasteiger partial charge in [0, 0.05) is 18.7 Å². The average molecular weight is 462 g/mol. The molecule has 4 rings (SSSR count). The molecule has 3 aromatic rings. The summed E-state index contributed by atoms with van der Waals surface area (Å²) in [5, 5.41) is 14.5. The molecule has 0 fully saturated rings. The second-order valence-electron chi connectivity index (χ2n) is 8.40. The molecule has 34 heavy (non-hydrogen) atoms. The Morgan fingerprint density at radius 3 is 2.53 bits per heavy atom. The lowest BCUT2D eigenvalue weighted by Crippen LogP contribution is -2.56. The third-order valence-electron chi connectivity index (χ3n) is 6.04. The van der Waals surface area contributed by atoms with E-state index in [0.717, 1.165) is 22.5 Å². The van der Waals surface area contributed by atoms with E-state index in [9.17, 15) is 19.5 Å². The summed E-state index contributed by atoms with van der Waals surface area (Å²) in [4.78, 5) is 43.5. The zero-order valence-electron chi connectivity index (χ0n) is 19.1. The summed E-state index contributed by atoms with van der Waals surface area (Å²) in [5.41, 5.74) is 4.46. The predicted molar refractivity (Wildman–Crippen MR) is 126 cm³/mol. The number of carboxylic acid groups (broad SMARTS) is 1. The molecule has 2 atom stereocenters. The molecule has 3 N–H and O–H groups in total. The Bertz CT molecular complexity index is 1210. The SMILES string of the molecule is Cc1ccccc1Cn1cnc2c1CN(C(=O)Nc1ccccc1)C(C(=O)NC(C)C(=O)O)C2. The molecule has 1 aromatic heterocycles. The van der Waals surface area contributed by atoms with Crippen molar-refractivity contribution in [1.29, 1.82) is 0 Å². The van der Waals surface area contributed by atoms with Crippen LogP contribution in [0, 0.1) is 6.92 Å². The van der Waals surface area contributed by atoms with Crippen LogP contribution in [0.2, 0.25) is 0 Å². The number of imidazole rings is 1. The third-order valence-corrected chi connectivity index (χ3v) is 6.04. The second-order valence-corrected chi connectivity index (χ2v) is 8.40. The fourth-order valence-electron chi connectivity index (χ4n) is 4.01. The maximum absolute atomic E-state index is 13.2. The van der Waals surface area contributed by atoms with E-state index >= 15 is 0 Å². The number of para-hydroxylation sites is 1. The number of aliphatic carboxylic acids is 1. The number of carboxylic acids is 1. The van der Waals surface area contributed by atoms with Crippen LogP contribution < -0.4 is 10.6 Å². The minimum absolute atomic E-state index is 0.166. The molecular formula is C25H27N5O4. The van der Waals surface area contributed by atoms with Crippen molar-refractivity contribution < 1.29 is 19.5 Å². The molecule has 9 heteroatoms. The number of carbonyl (C=O) groups is 3. The Hall–Kier alpha value is -4.14. The molecule has 176 valence electrons. The highest BCUT2D eigenvalue weighted by atomic mass is 16.4. The molecule has 0 spiro atoms. The molecule has 2 unspecified atom stereocenters. The van der Waals surface area contributed by atoms with E-state index in [-0.39, 0.29) is 13.0 Å². The fourth-order valence-corrected chi connectivity index (χ4v) is 4.01. The summed E-state index contributed by atoms with van der Waals surface area (Å²) < 4.78 is 1.99. The summed E-state index contributed by atoms with van der Waals surface area (Å²) in [6.07, 6.45) is 1.92. The number of hydrogen-bond donors (Lipinski definition) is 3. The molecule has 0 saturated carbocycles. The van der Waals surface area contributed by atoms with Gasteiger partial charge >= 0.3 is 12.0 Å². The van der Waals surface area contributed by atoms with Gasteiger partial charge in [-0.25, -0.2) is 9.78 Å². The number of rotatable bonds is 6. The summed E-state index contributed by atoms with van der Waals surface area (Å²) in [6.45, 7) is 4.19. The first-order chi connectivity index (χ1) is 16.3. The van der Waals surface area contributed by atoms with Gasteiger partial charge in [0.25, 0.3) is 0 Å². The van der Waals surface area contributed by atoms with Crippen molar-refractivity contribution in [1.82, 2.24) is 19.8 Å². The minimum atomic E-state index is -1.15. The minimum Gasteiger partial charge on any atom is -0.480 e. The first kappa shape index (κ1) is 23.0.